The van der Waals surface area contributed by atoms with E-state index in [0.717, 1.165) is 0 Å². The Morgan fingerprint density at radius 1 is 1.20 bits per heavy atom. The first-order chi connectivity index (χ1) is 14.2. The maximum atomic E-state index is 12.4. The van der Waals surface area contributed by atoms with Gasteiger partial charge in [-0.2, -0.15) is 0 Å². The smallest absolute Gasteiger partial charge is 0.313 e. The quantitative estimate of drug-likeness (QED) is 0.274. The molecule has 8 heteroatoms. The molecule has 8 nitrogen and oxygen atoms in total. The zero-order chi connectivity index (χ0) is 22.6. The van der Waals surface area contributed by atoms with E-state index in [4.69, 9.17) is 18.9 Å². The highest BCUT2D eigenvalue weighted by atomic mass is 16.6. The van der Waals surface area contributed by atoms with Gasteiger partial charge in [0.2, 0.25) is 5.91 Å². The third-order valence-electron chi connectivity index (χ3n) is 5.29. The summed E-state index contributed by atoms with van der Waals surface area (Å²) in [5, 5.41) is 2.78. The number of carbonyl (C=O) groups is 3. The van der Waals surface area contributed by atoms with Crippen LogP contribution in [0.3, 0.4) is 0 Å². The van der Waals surface area contributed by atoms with Crippen molar-refractivity contribution < 1.29 is 33.3 Å². The van der Waals surface area contributed by atoms with E-state index in [1.807, 2.05) is 6.92 Å². The molecule has 1 aliphatic carbocycles. The van der Waals surface area contributed by atoms with Crippen LogP contribution < -0.4 is 5.32 Å². The zero-order valence-electron chi connectivity index (χ0n) is 19.0. The second kappa shape index (κ2) is 13.3. The number of hydrogen-bond acceptors (Lipinski definition) is 7. The van der Waals surface area contributed by atoms with Gasteiger partial charge < -0.3 is 24.3 Å². The zero-order valence-corrected chi connectivity index (χ0v) is 19.0. The Bertz CT molecular complexity index is 594. The number of methoxy groups -OCH3 is 1. The van der Waals surface area contributed by atoms with Gasteiger partial charge in [0.1, 0.15) is 5.76 Å². The van der Waals surface area contributed by atoms with Gasteiger partial charge in [-0.05, 0) is 46.5 Å². The lowest BCUT2D eigenvalue weighted by atomic mass is 9.90. The number of nitrogens with one attached hydrogen (secondary N) is 1. The molecule has 1 amide bonds. The van der Waals surface area contributed by atoms with Crippen LogP contribution in [0, 0.1) is 11.3 Å². The molecule has 1 atom stereocenters. The molecule has 0 aromatic heterocycles. The molecule has 0 saturated heterocycles. The molecule has 0 aliphatic heterocycles. The first kappa shape index (κ1) is 25.9. The Morgan fingerprint density at radius 2 is 1.87 bits per heavy atom. The lowest BCUT2D eigenvalue weighted by Gasteiger charge is -2.25. The molecule has 1 unspecified atom stereocenters. The Hall–Kier alpha value is -2.09. The van der Waals surface area contributed by atoms with Crippen molar-refractivity contribution >= 4 is 18.3 Å². The van der Waals surface area contributed by atoms with Gasteiger partial charge in [0.25, 0.3) is 6.47 Å². The summed E-state index contributed by atoms with van der Waals surface area (Å²) in [6.07, 6.45) is 6.32. The average molecular weight is 428 g/mol. The van der Waals surface area contributed by atoms with Crippen LogP contribution in [0.15, 0.2) is 11.5 Å². The molecule has 0 radical (unpaired) electrons. The third-order valence-corrected chi connectivity index (χ3v) is 5.29. The topological polar surface area (TPSA) is 100 Å². The molecule has 1 rings (SSSR count). The maximum Gasteiger partial charge on any atom is 0.313 e. The van der Waals surface area contributed by atoms with E-state index < -0.39 is 11.4 Å². The summed E-state index contributed by atoms with van der Waals surface area (Å²) in [5.74, 6) is 0.384. The van der Waals surface area contributed by atoms with Crippen LogP contribution in [0.5, 0.6) is 0 Å². The van der Waals surface area contributed by atoms with Crippen LogP contribution in [0.1, 0.15) is 66.2 Å². The lowest BCUT2D eigenvalue weighted by Crippen LogP contribution is -2.41. The van der Waals surface area contributed by atoms with Crippen molar-refractivity contribution in [1.82, 2.24) is 5.32 Å². The molecule has 172 valence electrons. The minimum absolute atomic E-state index is 0.135. The first-order valence-corrected chi connectivity index (χ1v) is 10.6. The van der Waals surface area contributed by atoms with E-state index in [0.29, 0.717) is 12.5 Å². The van der Waals surface area contributed by atoms with E-state index in [-0.39, 0.29) is 49.6 Å². The number of rotatable bonds is 13. The number of ether oxygens (including phenoxy) is 4. The molecule has 0 spiro atoms. The molecule has 0 heterocycles. The van der Waals surface area contributed by atoms with Gasteiger partial charge >= 0.3 is 5.97 Å². The van der Waals surface area contributed by atoms with Crippen molar-refractivity contribution in [2.45, 2.75) is 72.3 Å². The largest absolute Gasteiger partial charge is 0.494 e. The molecular formula is C22H37NO7. The second-order valence-corrected chi connectivity index (χ2v) is 8.49. The molecular weight excluding hydrogens is 390 g/mol. The van der Waals surface area contributed by atoms with Crippen molar-refractivity contribution in [3.8, 4) is 0 Å². The number of carbonyl (C=O) groups excluding carboxylic acids is 3. The predicted molar refractivity (Wildman–Crippen MR) is 111 cm³/mol. The Kier molecular flexibility index (Phi) is 11.5. The highest BCUT2D eigenvalue weighted by molar-refractivity contribution is 5.79. The van der Waals surface area contributed by atoms with Gasteiger partial charge in [0, 0.05) is 13.2 Å². The highest BCUT2D eigenvalue weighted by Crippen LogP contribution is 2.24. The Morgan fingerprint density at radius 3 is 2.47 bits per heavy atom. The van der Waals surface area contributed by atoms with Gasteiger partial charge in [0.05, 0.1) is 25.0 Å². The van der Waals surface area contributed by atoms with Crippen LogP contribution in [0.25, 0.3) is 0 Å². The van der Waals surface area contributed by atoms with E-state index in [1.165, 1.54) is 46.1 Å². The van der Waals surface area contributed by atoms with E-state index in [2.05, 4.69) is 5.32 Å². The summed E-state index contributed by atoms with van der Waals surface area (Å²) in [4.78, 5) is 35.0. The number of esters is 1. The minimum atomic E-state index is -0.930. The minimum Gasteiger partial charge on any atom is -0.494 e. The van der Waals surface area contributed by atoms with Crippen LogP contribution in [-0.2, 0) is 33.3 Å². The van der Waals surface area contributed by atoms with E-state index in [1.54, 1.807) is 13.8 Å². The predicted octanol–water partition coefficient (Wildman–Crippen LogP) is 3.10. The van der Waals surface area contributed by atoms with Crippen molar-refractivity contribution in [3.63, 3.8) is 0 Å². The summed E-state index contributed by atoms with van der Waals surface area (Å²) in [6, 6.07) is 0. The number of allylic oxidation sites excluding steroid dienone is 1. The van der Waals surface area contributed by atoms with Crippen molar-refractivity contribution in [2.75, 3.05) is 26.9 Å². The van der Waals surface area contributed by atoms with Gasteiger partial charge in [-0.3, -0.25) is 14.4 Å². The molecule has 0 bridgehead atoms. The van der Waals surface area contributed by atoms with Crippen molar-refractivity contribution in [1.29, 1.82) is 0 Å². The van der Waals surface area contributed by atoms with Crippen LogP contribution >= 0.6 is 0 Å². The SMILES string of the molecule is CO/C(COC(=O)C(C)(C)CNC(=O)CC(C)OCC1CCCCC1)=C(/C)OC=O. The Balaban J connectivity index is 2.37. The normalized spacial score (nSPS) is 16.8. The van der Waals surface area contributed by atoms with Gasteiger partial charge in [-0.15, -0.1) is 0 Å². The molecule has 1 N–H and O–H groups in total. The van der Waals surface area contributed by atoms with Crippen molar-refractivity contribution in [3.05, 3.63) is 11.5 Å². The molecule has 0 aromatic rings. The summed E-state index contributed by atoms with van der Waals surface area (Å²) in [5.41, 5.74) is -0.930. The average Bonchev–Trinajstić information content (AvgIpc) is 2.72. The fourth-order valence-corrected chi connectivity index (χ4v) is 3.21. The molecule has 1 aliphatic rings. The molecule has 30 heavy (non-hydrogen) atoms. The van der Waals surface area contributed by atoms with Gasteiger partial charge in [0.15, 0.2) is 12.4 Å². The summed E-state index contributed by atoms with van der Waals surface area (Å²) in [6.45, 7) is 7.74. The number of amides is 1. The fraction of sp³-hybridized carbons (Fsp3) is 0.773. The molecule has 0 aromatic carbocycles. The monoisotopic (exact) mass is 427 g/mol. The highest BCUT2D eigenvalue weighted by Gasteiger charge is 2.30. The summed E-state index contributed by atoms with van der Waals surface area (Å²) in [7, 11) is 1.39. The second-order valence-electron chi connectivity index (χ2n) is 8.49. The first-order valence-electron chi connectivity index (χ1n) is 10.6. The third kappa shape index (κ3) is 9.61. The van der Waals surface area contributed by atoms with Crippen LogP contribution in [0.4, 0.5) is 0 Å². The summed E-state index contributed by atoms with van der Waals surface area (Å²) < 4.78 is 20.9. The van der Waals surface area contributed by atoms with Gasteiger partial charge in [-0.1, -0.05) is 19.3 Å². The van der Waals surface area contributed by atoms with E-state index >= 15 is 0 Å². The lowest BCUT2D eigenvalue weighted by molar-refractivity contribution is -0.153. The standard InChI is InChI=1S/C22H37NO7/c1-16(28-12-18-9-7-6-8-10-18)11-20(25)23-14-22(3,4)21(26)29-13-19(27-5)17(2)30-15-24/h15-16,18H,6-14H2,1-5H3,(H,23,25)/b19-17-. The number of hydrogen-bond donors (Lipinski definition) is 1. The van der Waals surface area contributed by atoms with Crippen LogP contribution in [0.2, 0.25) is 0 Å². The fourth-order valence-electron chi connectivity index (χ4n) is 3.21. The maximum absolute atomic E-state index is 12.4. The molecule has 1 saturated carbocycles. The Labute approximate surface area is 179 Å². The van der Waals surface area contributed by atoms with Crippen LogP contribution in [-0.4, -0.2) is 51.3 Å². The van der Waals surface area contributed by atoms with E-state index in [9.17, 15) is 14.4 Å². The van der Waals surface area contributed by atoms with Gasteiger partial charge in [-0.25, -0.2) is 0 Å². The molecule has 1 fully saturated rings. The summed E-state index contributed by atoms with van der Waals surface area (Å²) >= 11 is 0. The van der Waals surface area contributed by atoms with Crippen molar-refractivity contribution in [2.24, 2.45) is 11.3 Å².